The second kappa shape index (κ2) is 4.62. The van der Waals surface area contributed by atoms with Crippen LogP contribution in [0.25, 0.3) is 0 Å². The molecule has 0 aliphatic heterocycles. The molecule has 0 rings (SSSR count). The molecule has 10 heavy (non-hydrogen) atoms. The zero-order valence-corrected chi connectivity index (χ0v) is 6.17. The van der Waals surface area contributed by atoms with Crippen LogP contribution in [0.1, 0.15) is 19.8 Å². The maximum atomic E-state index is 9.31. The molecule has 1 atom stereocenters. The smallest absolute Gasteiger partial charge is 0.0767 e. The summed E-state index contributed by atoms with van der Waals surface area (Å²) in [6, 6.07) is 0. The van der Waals surface area contributed by atoms with Crippen LogP contribution in [0.4, 0.5) is 0 Å². The van der Waals surface area contributed by atoms with Crippen molar-refractivity contribution in [3.8, 4) is 0 Å². The Morgan fingerprint density at radius 2 is 2.10 bits per heavy atom. The van der Waals surface area contributed by atoms with Gasteiger partial charge in [0, 0.05) is 13.2 Å². The van der Waals surface area contributed by atoms with Crippen LogP contribution in [0, 0.1) is 0 Å². The van der Waals surface area contributed by atoms with E-state index in [2.05, 4.69) is 0 Å². The Kier molecular flexibility index (Phi) is 4.55. The molecule has 4 nitrogen and oxygen atoms in total. The lowest BCUT2D eigenvalue weighted by atomic mass is 10.0. The molecule has 0 amide bonds. The first-order valence-electron chi connectivity index (χ1n) is 3.32. The lowest BCUT2D eigenvalue weighted by Crippen LogP contribution is -2.36. The van der Waals surface area contributed by atoms with Gasteiger partial charge in [0.1, 0.15) is 0 Å². The molecule has 0 aromatic rings. The molecule has 0 saturated heterocycles. The van der Waals surface area contributed by atoms with Gasteiger partial charge in [-0.25, -0.2) is 5.48 Å². The van der Waals surface area contributed by atoms with Crippen LogP contribution in [0.3, 0.4) is 0 Å². The van der Waals surface area contributed by atoms with Crippen molar-refractivity contribution in [2.24, 2.45) is 0 Å². The average Bonchev–Trinajstić information content (AvgIpc) is 1.84. The summed E-state index contributed by atoms with van der Waals surface area (Å²) in [6.45, 7) is 1.81. The van der Waals surface area contributed by atoms with Gasteiger partial charge in [-0.3, -0.25) is 0 Å². The molecule has 0 heterocycles. The first-order chi connectivity index (χ1) is 4.62. The van der Waals surface area contributed by atoms with Gasteiger partial charge in [-0.2, -0.15) is 0 Å². The summed E-state index contributed by atoms with van der Waals surface area (Å²) >= 11 is 0. The second-order valence-corrected chi connectivity index (χ2v) is 2.66. The SMILES string of the molecule is CC(O)(CCCO)CNO. The first-order valence-corrected chi connectivity index (χ1v) is 3.32. The van der Waals surface area contributed by atoms with Gasteiger partial charge in [0.2, 0.25) is 0 Å². The van der Waals surface area contributed by atoms with Crippen LogP contribution in [-0.4, -0.2) is 34.2 Å². The highest BCUT2D eigenvalue weighted by atomic mass is 16.5. The maximum Gasteiger partial charge on any atom is 0.0767 e. The predicted molar refractivity (Wildman–Crippen MR) is 36.7 cm³/mol. The van der Waals surface area contributed by atoms with Crippen molar-refractivity contribution in [2.75, 3.05) is 13.2 Å². The third-order valence-corrected chi connectivity index (χ3v) is 1.33. The molecule has 0 aliphatic carbocycles. The molecule has 0 aromatic carbocycles. The average molecular weight is 149 g/mol. The number of nitrogens with one attached hydrogen (secondary N) is 1. The molecule has 1 unspecified atom stereocenters. The molecule has 62 valence electrons. The van der Waals surface area contributed by atoms with E-state index in [1.165, 1.54) is 0 Å². The summed E-state index contributed by atoms with van der Waals surface area (Å²) in [5, 5.41) is 25.9. The topological polar surface area (TPSA) is 72.7 Å². The Hall–Kier alpha value is -0.160. The lowest BCUT2D eigenvalue weighted by molar-refractivity contribution is 0.00669. The van der Waals surface area contributed by atoms with E-state index < -0.39 is 5.60 Å². The fraction of sp³-hybridized carbons (Fsp3) is 1.00. The molecule has 0 radical (unpaired) electrons. The van der Waals surface area contributed by atoms with Crippen molar-refractivity contribution < 1.29 is 15.4 Å². The Morgan fingerprint density at radius 3 is 2.50 bits per heavy atom. The van der Waals surface area contributed by atoms with Crippen molar-refractivity contribution in [2.45, 2.75) is 25.4 Å². The molecular formula is C6H15NO3. The minimum absolute atomic E-state index is 0.0710. The summed E-state index contributed by atoms with van der Waals surface area (Å²) in [7, 11) is 0. The first kappa shape index (κ1) is 9.84. The van der Waals surface area contributed by atoms with Crippen LogP contribution in [0.15, 0.2) is 0 Å². The molecule has 4 N–H and O–H groups in total. The molecule has 0 aliphatic rings. The maximum absolute atomic E-state index is 9.31. The highest BCUT2D eigenvalue weighted by Crippen LogP contribution is 2.09. The van der Waals surface area contributed by atoms with E-state index in [1.54, 1.807) is 6.92 Å². The Morgan fingerprint density at radius 1 is 1.50 bits per heavy atom. The van der Waals surface area contributed by atoms with Gasteiger partial charge in [0.05, 0.1) is 5.60 Å². The summed E-state index contributed by atoms with van der Waals surface area (Å²) in [4.78, 5) is 0. The van der Waals surface area contributed by atoms with Crippen molar-refractivity contribution in [1.29, 1.82) is 0 Å². The fourth-order valence-corrected chi connectivity index (χ4v) is 0.719. The van der Waals surface area contributed by atoms with E-state index in [9.17, 15) is 5.11 Å². The summed E-state index contributed by atoms with van der Waals surface area (Å²) in [6.07, 6.45) is 1.03. The minimum atomic E-state index is -0.919. The van der Waals surface area contributed by atoms with Crippen molar-refractivity contribution in [3.05, 3.63) is 0 Å². The van der Waals surface area contributed by atoms with E-state index in [1.807, 2.05) is 5.48 Å². The summed E-state index contributed by atoms with van der Waals surface area (Å²) < 4.78 is 0. The molecule has 4 heteroatoms. The molecular weight excluding hydrogens is 134 g/mol. The number of rotatable bonds is 5. The third-order valence-electron chi connectivity index (χ3n) is 1.33. The lowest BCUT2D eigenvalue weighted by Gasteiger charge is -2.21. The van der Waals surface area contributed by atoms with Crippen LogP contribution in [-0.2, 0) is 0 Å². The number of aliphatic hydroxyl groups is 2. The Labute approximate surface area is 60.5 Å². The van der Waals surface area contributed by atoms with Crippen molar-refractivity contribution in [3.63, 3.8) is 0 Å². The molecule has 0 fully saturated rings. The van der Waals surface area contributed by atoms with Crippen LogP contribution < -0.4 is 5.48 Å². The van der Waals surface area contributed by atoms with Crippen LogP contribution in [0.5, 0.6) is 0 Å². The third kappa shape index (κ3) is 4.69. The number of hydrogen-bond acceptors (Lipinski definition) is 4. The van der Waals surface area contributed by atoms with E-state index in [4.69, 9.17) is 10.3 Å². The summed E-state index contributed by atoms with van der Waals surface area (Å²) in [5.74, 6) is 0. The van der Waals surface area contributed by atoms with Gasteiger partial charge < -0.3 is 15.4 Å². The number of hydroxylamine groups is 1. The van der Waals surface area contributed by atoms with Gasteiger partial charge in [-0.1, -0.05) is 0 Å². The highest BCUT2D eigenvalue weighted by Gasteiger charge is 2.18. The van der Waals surface area contributed by atoms with Gasteiger partial charge in [0.25, 0.3) is 0 Å². The van der Waals surface area contributed by atoms with E-state index in [0.29, 0.717) is 12.8 Å². The molecule has 0 saturated carbocycles. The van der Waals surface area contributed by atoms with E-state index in [0.717, 1.165) is 0 Å². The van der Waals surface area contributed by atoms with Crippen molar-refractivity contribution in [1.82, 2.24) is 5.48 Å². The molecule has 0 bridgehead atoms. The molecule has 0 spiro atoms. The van der Waals surface area contributed by atoms with Crippen molar-refractivity contribution >= 4 is 0 Å². The minimum Gasteiger partial charge on any atom is -0.396 e. The zero-order chi connectivity index (χ0) is 8.04. The van der Waals surface area contributed by atoms with E-state index >= 15 is 0 Å². The Balaban J connectivity index is 3.42. The van der Waals surface area contributed by atoms with E-state index in [-0.39, 0.29) is 13.2 Å². The number of aliphatic hydroxyl groups excluding tert-OH is 1. The van der Waals surface area contributed by atoms with Gasteiger partial charge in [-0.05, 0) is 19.8 Å². The fourth-order valence-electron chi connectivity index (χ4n) is 0.719. The Bertz CT molecular complexity index is 85.1. The van der Waals surface area contributed by atoms with Crippen LogP contribution >= 0.6 is 0 Å². The van der Waals surface area contributed by atoms with Gasteiger partial charge in [-0.15, -0.1) is 0 Å². The van der Waals surface area contributed by atoms with Gasteiger partial charge in [0.15, 0.2) is 0 Å². The predicted octanol–water partition coefficient (Wildman–Crippen LogP) is -0.511. The monoisotopic (exact) mass is 149 g/mol. The quantitative estimate of drug-likeness (QED) is 0.397. The zero-order valence-electron chi connectivity index (χ0n) is 6.17. The highest BCUT2D eigenvalue weighted by molar-refractivity contribution is 4.72. The second-order valence-electron chi connectivity index (χ2n) is 2.66. The normalized spacial score (nSPS) is 16.8. The largest absolute Gasteiger partial charge is 0.396 e. The number of hydrogen-bond donors (Lipinski definition) is 4. The molecule has 0 aromatic heterocycles. The standard InChI is InChI=1S/C6H15NO3/c1-6(9,5-7-10)3-2-4-8/h7-10H,2-5H2,1H3. The van der Waals surface area contributed by atoms with Crippen LogP contribution in [0.2, 0.25) is 0 Å². The summed E-state index contributed by atoms with van der Waals surface area (Å²) in [5.41, 5.74) is 0.966. The van der Waals surface area contributed by atoms with Gasteiger partial charge >= 0.3 is 0 Å².